The number of nitrogens with zero attached hydrogens (tertiary/aromatic N) is 4. The minimum atomic E-state index is -1.24. The Morgan fingerprint density at radius 2 is 1.97 bits per heavy atom. The van der Waals surface area contributed by atoms with Gasteiger partial charge in [-0.15, -0.1) is 0 Å². The first-order chi connectivity index (χ1) is 14.1. The van der Waals surface area contributed by atoms with Crippen LogP contribution in [0, 0.1) is 5.92 Å². The number of aliphatic hydroxyl groups is 3. The minimum Gasteiger partial charge on any atom is -0.463 e. The summed E-state index contributed by atoms with van der Waals surface area (Å²) in [5, 5.41) is 29.6. The summed E-state index contributed by atoms with van der Waals surface area (Å²) in [5.74, 6) is 0.955. The van der Waals surface area contributed by atoms with Gasteiger partial charge in [0.2, 0.25) is 0 Å². The molecule has 10 heteroatoms. The molecule has 5 N–H and O–H groups in total. The van der Waals surface area contributed by atoms with Crippen LogP contribution in [0.25, 0.3) is 11.2 Å². The van der Waals surface area contributed by atoms with Crippen molar-refractivity contribution < 1.29 is 24.8 Å². The van der Waals surface area contributed by atoms with Crippen molar-refractivity contribution in [3.63, 3.8) is 0 Å². The third-order valence-electron chi connectivity index (χ3n) is 5.93. The zero-order chi connectivity index (χ0) is 20.4. The van der Waals surface area contributed by atoms with Gasteiger partial charge in [0, 0.05) is 0 Å². The maximum atomic E-state index is 10.3. The van der Waals surface area contributed by atoms with Crippen molar-refractivity contribution in [3.8, 4) is 6.01 Å². The molecular formula is C19H29N5O5. The van der Waals surface area contributed by atoms with E-state index in [4.69, 9.17) is 15.2 Å². The molecule has 160 valence electrons. The van der Waals surface area contributed by atoms with Gasteiger partial charge in [-0.1, -0.05) is 32.1 Å². The lowest BCUT2D eigenvalue weighted by Crippen LogP contribution is -2.33. The molecule has 2 aromatic rings. The molecule has 4 atom stereocenters. The van der Waals surface area contributed by atoms with Gasteiger partial charge >= 0.3 is 6.01 Å². The number of hydrogen-bond acceptors (Lipinski definition) is 9. The fraction of sp³-hybridized carbons (Fsp3) is 0.737. The van der Waals surface area contributed by atoms with Crippen molar-refractivity contribution >= 4 is 17.0 Å². The Hall–Kier alpha value is -2.01. The molecule has 4 rings (SSSR count). The number of rotatable bonds is 7. The topological polar surface area (TPSA) is 149 Å². The smallest absolute Gasteiger partial charge is 0.320 e. The van der Waals surface area contributed by atoms with Crippen LogP contribution in [-0.2, 0) is 4.74 Å². The van der Waals surface area contributed by atoms with Crippen LogP contribution in [0.4, 0.5) is 5.82 Å². The Morgan fingerprint density at radius 1 is 1.17 bits per heavy atom. The van der Waals surface area contributed by atoms with Crippen LogP contribution < -0.4 is 10.5 Å². The van der Waals surface area contributed by atoms with E-state index in [0.29, 0.717) is 17.8 Å². The van der Waals surface area contributed by atoms with Gasteiger partial charge in [-0.25, -0.2) is 4.98 Å². The van der Waals surface area contributed by atoms with E-state index in [-0.39, 0.29) is 11.8 Å². The number of nitrogens with two attached hydrogens (primary N) is 1. The molecule has 0 aromatic carbocycles. The molecule has 2 aliphatic rings. The summed E-state index contributed by atoms with van der Waals surface area (Å²) in [6.45, 7) is 0.0945. The number of aromatic nitrogens is 4. The summed E-state index contributed by atoms with van der Waals surface area (Å²) >= 11 is 0. The van der Waals surface area contributed by atoms with E-state index in [2.05, 4.69) is 15.0 Å². The van der Waals surface area contributed by atoms with Crippen molar-refractivity contribution in [1.82, 2.24) is 19.5 Å². The van der Waals surface area contributed by atoms with Crippen LogP contribution in [0.15, 0.2) is 6.33 Å². The van der Waals surface area contributed by atoms with Gasteiger partial charge in [0.15, 0.2) is 23.2 Å². The second-order valence-electron chi connectivity index (χ2n) is 7.94. The number of imidazole rings is 1. The molecule has 1 saturated carbocycles. The lowest BCUT2D eigenvalue weighted by Gasteiger charge is -2.21. The molecule has 3 heterocycles. The van der Waals surface area contributed by atoms with E-state index >= 15 is 0 Å². The summed E-state index contributed by atoms with van der Waals surface area (Å²) < 4.78 is 12.8. The maximum absolute atomic E-state index is 10.3. The number of hydrogen-bond donors (Lipinski definition) is 4. The van der Waals surface area contributed by atoms with Crippen LogP contribution in [0.1, 0.15) is 51.2 Å². The molecule has 1 unspecified atom stereocenters. The first-order valence-corrected chi connectivity index (χ1v) is 10.3. The molecule has 2 aromatic heterocycles. The molecule has 0 spiro atoms. The van der Waals surface area contributed by atoms with Crippen molar-refractivity contribution in [2.24, 2.45) is 5.92 Å². The van der Waals surface area contributed by atoms with Gasteiger partial charge < -0.3 is 30.5 Å². The van der Waals surface area contributed by atoms with E-state index in [1.807, 2.05) is 0 Å². The highest BCUT2D eigenvalue weighted by Crippen LogP contribution is 2.32. The lowest BCUT2D eigenvalue weighted by atomic mass is 9.86. The van der Waals surface area contributed by atoms with E-state index in [1.54, 1.807) is 0 Å². The summed E-state index contributed by atoms with van der Waals surface area (Å²) in [4.78, 5) is 12.7. The van der Waals surface area contributed by atoms with E-state index < -0.39 is 31.1 Å². The number of nitrogen functional groups attached to an aromatic ring is 1. The van der Waals surface area contributed by atoms with E-state index in [1.165, 1.54) is 43.0 Å². The van der Waals surface area contributed by atoms with Crippen LogP contribution >= 0.6 is 0 Å². The second kappa shape index (κ2) is 8.78. The third-order valence-corrected chi connectivity index (χ3v) is 5.93. The fourth-order valence-corrected chi connectivity index (χ4v) is 4.29. The molecule has 1 aliphatic heterocycles. The fourth-order valence-electron chi connectivity index (χ4n) is 4.29. The van der Waals surface area contributed by atoms with Crippen LogP contribution in [-0.4, -0.2) is 66.4 Å². The van der Waals surface area contributed by atoms with Gasteiger partial charge in [-0.2, -0.15) is 9.97 Å². The van der Waals surface area contributed by atoms with Gasteiger partial charge in [0.1, 0.15) is 18.3 Å². The van der Waals surface area contributed by atoms with Crippen molar-refractivity contribution in [2.75, 3.05) is 18.9 Å². The molecule has 0 radical (unpaired) electrons. The highest BCUT2D eigenvalue weighted by molar-refractivity contribution is 5.82. The molecule has 1 aliphatic carbocycles. The molecule has 0 bridgehead atoms. The van der Waals surface area contributed by atoms with Crippen molar-refractivity contribution in [2.45, 2.75) is 69.5 Å². The van der Waals surface area contributed by atoms with Crippen molar-refractivity contribution in [3.05, 3.63) is 6.33 Å². The predicted molar refractivity (Wildman–Crippen MR) is 104 cm³/mol. The first-order valence-electron chi connectivity index (χ1n) is 10.3. The Labute approximate surface area is 168 Å². The summed E-state index contributed by atoms with van der Waals surface area (Å²) in [5.41, 5.74) is 6.71. The van der Waals surface area contributed by atoms with Gasteiger partial charge in [0.25, 0.3) is 0 Å². The summed E-state index contributed by atoms with van der Waals surface area (Å²) in [7, 11) is 0. The number of anilines is 1. The first kappa shape index (κ1) is 20.3. The maximum Gasteiger partial charge on any atom is 0.320 e. The number of fused-ring (bicyclic) bond motifs is 1. The summed E-state index contributed by atoms with van der Waals surface area (Å²) in [6.07, 6.45) is 5.82. The molecule has 0 amide bonds. The average Bonchev–Trinajstić information content (AvgIpc) is 3.28. The highest BCUT2D eigenvalue weighted by atomic mass is 16.6. The average molecular weight is 407 g/mol. The Morgan fingerprint density at radius 3 is 2.69 bits per heavy atom. The zero-order valence-corrected chi connectivity index (χ0v) is 16.4. The second-order valence-corrected chi connectivity index (χ2v) is 7.94. The SMILES string of the molecule is Nc1nc(OCCCC2CCCCC2)nc2c1ncn2C1O[C@@H](CO)[C@H](O)[C@@H]1O. The molecule has 2 fully saturated rings. The normalized spacial score (nSPS) is 28.2. The standard InChI is InChI=1S/C19H29N5O5/c20-16-13-17(24(10-21-13)18-15(27)14(26)12(9-25)29-18)23-19(22-16)28-8-4-7-11-5-2-1-3-6-11/h10-12,14-15,18,25-27H,1-9H2,(H2,20,22,23)/t12-,14-,15-,18?/m0/s1. The zero-order valence-electron chi connectivity index (χ0n) is 16.4. The predicted octanol–water partition coefficient (Wildman–Crippen LogP) is 0.759. The van der Waals surface area contributed by atoms with E-state index in [9.17, 15) is 15.3 Å². The van der Waals surface area contributed by atoms with Crippen LogP contribution in [0.5, 0.6) is 6.01 Å². The Balaban J connectivity index is 1.45. The van der Waals surface area contributed by atoms with E-state index in [0.717, 1.165) is 18.8 Å². The quantitative estimate of drug-likeness (QED) is 0.488. The lowest BCUT2D eigenvalue weighted by molar-refractivity contribution is -0.0511. The molecule has 1 saturated heterocycles. The highest BCUT2D eigenvalue weighted by Gasteiger charge is 2.44. The van der Waals surface area contributed by atoms with Gasteiger partial charge in [-0.05, 0) is 18.8 Å². The van der Waals surface area contributed by atoms with Crippen molar-refractivity contribution in [1.29, 1.82) is 0 Å². The Kier molecular flexibility index (Phi) is 6.14. The molecule has 10 nitrogen and oxygen atoms in total. The molecular weight excluding hydrogens is 378 g/mol. The Bertz CT molecular complexity index is 825. The van der Waals surface area contributed by atoms with Crippen LogP contribution in [0.3, 0.4) is 0 Å². The number of ether oxygens (including phenoxy) is 2. The van der Waals surface area contributed by atoms with Gasteiger partial charge in [-0.3, -0.25) is 4.57 Å². The summed E-state index contributed by atoms with van der Waals surface area (Å²) in [6, 6.07) is 0.145. The van der Waals surface area contributed by atoms with Crippen LogP contribution in [0.2, 0.25) is 0 Å². The number of aliphatic hydroxyl groups excluding tert-OH is 3. The molecule has 29 heavy (non-hydrogen) atoms. The van der Waals surface area contributed by atoms with Gasteiger partial charge in [0.05, 0.1) is 19.5 Å². The third kappa shape index (κ3) is 4.16. The largest absolute Gasteiger partial charge is 0.463 e. The minimum absolute atomic E-state index is 0.145. The monoisotopic (exact) mass is 407 g/mol.